The van der Waals surface area contributed by atoms with Gasteiger partial charge in [-0.15, -0.1) is 0 Å². The third kappa shape index (κ3) is 5.18. The number of sulfone groups is 1. The van der Waals surface area contributed by atoms with E-state index in [4.69, 9.17) is 0 Å². The van der Waals surface area contributed by atoms with Crippen molar-refractivity contribution in [3.63, 3.8) is 0 Å². The lowest BCUT2D eigenvalue weighted by Gasteiger charge is -2.20. The third-order valence-corrected chi connectivity index (χ3v) is 6.82. The topological polar surface area (TPSA) is 78.5 Å². The highest BCUT2D eigenvalue weighted by Gasteiger charge is 2.29. The summed E-state index contributed by atoms with van der Waals surface area (Å²) in [6.07, 6.45) is 0. The van der Waals surface area contributed by atoms with Crippen LogP contribution in [0.1, 0.15) is 10.8 Å². The first-order valence-corrected chi connectivity index (χ1v) is 11.1. The molecule has 0 radical (unpaired) electrons. The van der Waals surface area contributed by atoms with Gasteiger partial charge in [0.05, 0.1) is 4.90 Å². The maximum absolute atomic E-state index is 13.3. The fraction of sp³-hybridized carbons (Fsp3) is 0.174. The normalized spacial score (nSPS) is 12.1. The maximum atomic E-state index is 13.3. The summed E-state index contributed by atoms with van der Waals surface area (Å²) >= 11 is 0. The molecule has 30 heavy (non-hydrogen) atoms. The average Bonchev–Trinajstić information content (AvgIpc) is 2.75. The Balaban J connectivity index is 1.85. The van der Waals surface area contributed by atoms with Crippen LogP contribution in [0.15, 0.2) is 89.8 Å². The zero-order chi connectivity index (χ0) is 21.6. The van der Waals surface area contributed by atoms with E-state index in [0.29, 0.717) is 11.3 Å². The zero-order valence-electron chi connectivity index (χ0n) is 16.9. The second-order valence-corrected chi connectivity index (χ2v) is 9.16. The van der Waals surface area contributed by atoms with Crippen LogP contribution in [0.4, 0.5) is 16.2 Å². The number of urea groups is 1. The van der Waals surface area contributed by atoms with Crippen molar-refractivity contribution in [1.29, 1.82) is 0 Å². The smallest absolute Gasteiger partial charge is 0.319 e. The van der Waals surface area contributed by atoms with Gasteiger partial charge in [0.25, 0.3) is 0 Å². The number of rotatable bonds is 7. The Morgan fingerprint density at radius 3 is 2.00 bits per heavy atom. The minimum Gasteiger partial charge on any atom is -0.378 e. The highest BCUT2D eigenvalue weighted by Crippen LogP contribution is 2.29. The molecule has 1 atom stereocenters. The van der Waals surface area contributed by atoms with Crippen LogP contribution in [0.3, 0.4) is 0 Å². The van der Waals surface area contributed by atoms with Crippen molar-refractivity contribution in [2.24, 2.45) is 0 Å². The van der Waals surface area contributed by atoms with Gasteiger partial charge in [0.2, 0.25) is 0 Å². The Morgan fingerprint density at radius 1 is 0.867 bits per heavy atom. The molecule has 0 unspecified atom stereocenters. The molecular formula is C23H25N3O3S. The lowest BCUT2D eigenvalue weighted by atomic mass is 10.1. The summed E-state index contributed by atoms with van der Waals surface area (Å²) in [6.45, 7) is -0.0583. The predicted molar refractivity (Wildman–Crippen MR) is 121 cm³/mol. The molecule has 0 heterocycles. The first-order valence-electron chi connectivity index (χ1n) is 9.54. The van der Waals surface area contributed by atoms with E-state index < -0.39 is 21.1 Å². The number of para-hydroxylation sites is 1. The van der Waals surface area contributed by atoms with Crippen molar-refractivity contribution in [3.05, 3.63) is 90.5 Å². The number of carbonyl (C=O) groups is 1. The van der Waals surface area contributed by atoms with Gasteiger partial charge < -0.3 is 15.5 Å². The van der Waals surface area contributed by atoms with Crippen molar-refractivity contribution in [2.45, 2.75) is 10.1 Å². The van der Waals surface area contributed by atoms with Gasteiger partial charge in [0, 0.05) is 32.0 Å². The molecule has 2 N–H and O–H groups in total. The van der Waals surface area contributed by atoms with Gasteiger partial charge in [-0.3, -0.25) is 0 Å². The van der Waals surface area contributed by atoms with Gasteiger partial charge in [-0.2, -0.15) is 0 Å². The van der Waals surface area contributed by atoms with Gasteiger partial charge in [-0.25, -0.2) is 13.2 Å². The number of nitrogens with zero attached hydrogens (tertiary/aromatic N) is 1. The van der Waals surface area contributed by atoms with Gasteiger partial charge in [-0.1, -0.05) is 48.5 Å². The van der Waals surface area contributed by atoms with Crippen LogP contribution in [-0.2, 0) is 9.84 Å². The fourth-order valence-electron chi connectivity index (χ4n) is 3.05. The molecule has 0 spiro atoms. The van der Waals surface area contributed by atoms with Crippen molar-refractivity contribution in [3.8, 4) is 0 Å². The highest BCUT2D eigenvalue weighted by atomic mass is 32.2. The standard InChI is InChI=1S/C23H25N3O3S/c1-26(2)20-15-13-18(14-16-20)22(30(28,29)21-11-7-4-8-12-21)17-24-23(27)25-19-9-5-3-6-10-19/h3-16,22H,17H2,1-2H3,(H2,24,25,27)/t22-/m1/s1. The summed E-state index contributed by atoms with van der Waals surface area (Å²) in [4.78, 5) is 14.5. The minimum absolute atomic E-state index is 0.0583. The van der Waals surface area contributed by atoms with Crippen LogP contribution in [0.5, 0.6) is 0 Å². The molecule has 3 aromatic carbocycles. The fourth-order valence-corrected chi connectivity index (χ4v) is 4.73. The highest BCUT2D eigenvalue weighted by molar-refractivity contribution is 7.91. The summed E-state index contributed by atoms with van der Waals surface area (Å²) in [7, 11) is 0.127. The number of anilines is 2. The largest absolute Gasteiger partial charge is 0.378 e. The molecule has 0 bridgehead atoms. The third-order valence-electron chi connectivity index (χ3n) is 4.71. The van der Waals surface area contributed by atoms with E-state index in [1.165, 1.54) is 0 Å². The molecule has 2 amide bonds. The Hall–Kier alpha value is -3.32. The van der Waals surface area contributed by atoms with Crippen LogP contribution in [-0.4, -0.2) is 35.1 Å². The quantitative estimate of drug-likeness (QED) is 0.600. The second-order valence-electron chi connectivity index (χ2n) is 7.03. The molecule has 0 aliphatic heterocycles. The molecule has 0 saturated heterocycles. The van der Waals surface area contributed by atoms with Gasteiger partial charge in [0.15, 0.2) is 9.84 Å². The lowest BCUT2D eigenvalue weighted by Crippen LogP contribution is -2.34. The van der Waals surface area contributed by atoms with E-state index >= 15 is 0 Å². The van der Waals surface area contributed by atoms with Crippen LogP contribution in [0.25, 0.3) is 0 Å². The molecule has 6 nitrogen and oxygen atoms in total. The average molecular weight is 424 g/mol. The van der Waals surface area contributed by atoms with E-state index in [9.17, 15) is 13.2 Å². The van der Waals surface area contributed by atoms with E-state index in [0.717, 1.165) is 5.69 Å². The molecular weight excluding hydrogens is 398 g/mol. The summed E-state index contributed by atoms with van der Waals surface area (Å²) < 4.78 is 26.7. The SMILES string of the molecule is CN(C)c1ccc([C@@H](CNC(=O)Nc2ccccc2)S(=O)(=O)c2ccccc2)cc1. The summed E-state index contributed by atoms with van der Waals surface area (Å²) in [5, 5.41) is 4.50. The minimum atomic E-state index is -3.71. The van der Waals surface area contributed by atoms with Crippen molar-refractivity contribution >= 4 is 27.2 Å². The predicted octanol–water partition coefficient (Wildman–Crippen LogP) is 4.09. The number of hydrogen-bond donors (Lipinski definition) is 2. The zero-order valence-corrected chi connectivity index (χ0v) is 17.8. The van der Waals surface area contributed by atoms with Gasteiger partial charge in [-0.05, 0) is 42.0 Å². The molecule has 3 rings (SSSR count). The van der Waals surface area contributed by atoms with E-state index in [2.05, 4.69) is 10.6 Å². The lowest BCUT2D eigenvalue weighted by molar-refractivity contribution is 0.252. The van der Waals surface area contributed by atoms with Gasteiger partial charge in [0.1, 0.15) is 5.25 Å². The summed E-state index contributed by atoms with van der Waals surface area (Å²) in [5.74, 6) is 0. The molecule has 0 aliphatic carbocycles. The molecule has 0 aliphatic rings. The van der Waals surface area contributed by atoms with Crippen LogP contribution in [0, 0.1) is 0 Å². The molecule has 156 valence electrons. The van der Waals surface area contributed by atoms with Crippen LogP contribution in [0.2, 0.25) is 0 Å². The molecule has 0 saturated carbocycles. The number of hydrogen-bond acceptors (Lipinski definition) is 4. The van der Waals surface area contributed by atoms with Crippen LogP contribution < -0.4 is 15.5 Å². The number of benzene rings is 3. The van der Waals surface area contributed by atoms with Crippen molar-refractivity contribution < 1.29 is 13.2 Å². The Morgan fingerprint density at radius 2 is 1.43 bits per heavy atom. The first kappa shape index (κ1) is 21.4. The molecule has 0 fully saturated rings. The molecule has 3 aromatic rings. The Labute approximate surface area is 177 Å². The monoisotopic (exact) mass is 423 g/mol. The van der Waals surface area contributed by atoms with E-state index in [1.54, 1.807) is 54.6 Å². The van der Waals surface area contributed by atoms with Crippen LogP contribution >= 0.6 is 0 Å². The first-order chi connectivity index (χ1) is 14.4. The van der Waals surface area contributed by atoms with Crippen molar-refractivity contribution in [2.75, 3.05) is 30.9 Å². The number of carbonyl (C=O) groups excluding carboxylic acids is 1. The van der Waals surface area contributed by atoms with E-state index in [-0.39, 0.29) is 11.4 Å². The Kier molecular flexibility index (Phi) is 6.74. The van der Waals surface area contributed by atoms with Gasteiger partial charge >= 0.3 is 6.03 Å². The maximum Gasteiger partial charge on any atom is 0.319 e. The summed E-state index contributed by atoms with van der Waals surface area (Å²) in [5.41, 5.74) is 2.21. The van der Waals surface area contributed by atoms with E-state index in [1.807, 2.05) is 49.3 Å². The Bertz CT molecular complexity index is 1070. The molecule has 7 heteroatoms. The number of amides is 2. The number of nitrogens with one attached hydrogen (secondary N) is 2. The summed E-state index contributed by atoms with van der Waals surface area (Å²) in [6, 6.07) is 24.1. The molecule has 0 aromatic heterocycles. The van der Waals surface area contributed by atoms with Crippen molar-refractivity contribution in [1.82, 2.24) is 5.32 Å². The second kappa shape index (κ2) is 9.45.